The molecule has 0 rings (SSSR count). The third-order valence-corrected chi connectivity index (χ3v) is 0.524. The molecule has 16 heavy (non-hydrogen) atoms. The van der Waals surface area contributed by atoms with Crippen molar-refractivity contribution < 1.29 is 29.7 Å². The molecule has 0 radical (unpaired) electrons. The molecule has 0 bridgehead atoms. The fourth-order valence-corrected chi connectivity index (χ4v) is 0. The predicted molar refractivity (Wildman–Crippen MR) is 57.2 cm³/mol. The normalized spacial score (nSPS) is 6.94. The molecule has 0 atom stereocenters. The predicted octanol–water partition coefficient (Wildman–Crippen LogP) is -3.56. The van der Waals surface area contributed by atoms with Crippen LogP contribution in [0.3, 0.4) is 0 Å². The molecule has 0 aliphatic rings. The maximum atomic E-state index is 9.24. The summed E-state index contributed by atoms with van der Waals surface area (Å²) in [4.78, 5) is 27.7. The molecule has 0 unspecified atom stereocenters. The zero-order valence-corrected chi connectivity index (χ0v) is 7.92. The molecule has 0 fully saturated rings. The topological polar surface area (TPSA) is 190 Å². The average molecular weight is 265 g/mol. The summed E-state index contributed by atoms with van der Waals surface area (Å²) in [5, 5.41) is 22.8. The van der Waals surface area contributed by atoms with Gasteiger partial charge in [0.15, 0.2) is 0 Å². The summed E-state index contributed by atoms with van der Waals surface area (Å²) in [6, 6.07) is 0. The van der Waals surface area contributed by atoms with Gasteiger partial charge in [-0.05, 0) is 0 Å². The molecule has 9 N–H and O–H groups in total. The van der Waals surface area contributed by atoms with E-state index in [0.717, 1.165) is 0 Å². The van der Waals surface area contributed by atoms with Gasteiger partial charge in [0.05, 0.1) is 19.6 Å². The molecule has 0 aliphatic heterocycles. The van der Waals surface area contributed by atoms with Crippen LogP contribution < -0.4 is 17.2 Å². The summed E-state index contributed by atoms with van der Waals surface area (Å²) in [5.74, 6) is -2.90. The van der Waals surface area contributed by atoms with Gasteiger partial charge in [0.25, 0.3) is 0 Å². The molecule has 0 aromatic rings. The van der Waals surface area contributed by atoms with Crippen LogP contribution in [0.1, 0.15) is 0 Å². The molecule has 0 spiro atoms. The van der Waals surface area contributed by atoms with Gasteiger partial charge < -0.3 is 32.5 Å². The third-order valence-electron chi connectivity index (χ3n) is 0.524. The SMILES string of the molecule is NCC(=O)O.NCC(=O)O.NCC(=O)O.[KH]. The van der Waals surface area contributed by atoms with Crippen LogP contribution in [0, 0.1) is 0 Å². The summed E-state index contributed by atoms with van der Waals surface area (Å²) in [7, 11) is 0. The van der Waals surface area contributed by atoms with Gasteiger partial charge in [-0.3, -0.25) is 14.4 Å². The van der Waals surface area contributed by atoms with Crippen LogP contribution in [0.4, 0.5) is 0 Å². The van der Waals surface area contributed by atoms with Crippen molar-refractivity contribution in [1.82, 2.24) is 0 Å². The fraction of sp³-hybridized carbons (Fsp3) is 0.500. The minimum absolute atomic E-state index is 0. The van der Waals surface area contributed by atoms with Gasteiger partial charge in [-0.2, -0.15) is 0 Å². The first-order chi connectivity index (χ1) is 6.81. The Balaban J connectivity index is -0.0000000655. The Bertz CT molecular complexity index is 167. The number of carbonyl (C=O) groups is 3. The van der Waals surface area contributed by atoms with Gasteiger partial charge in [0, 0.05) is 0 Å². The Hall–Kier alpha value is -0.0736. The quantitative estimate of drug-likeness (QED) is 0.280. The van der Waals surface area contributed by atoms with Crippen molar-refractivity contribution in [1.29, 1.82) is 0 Å². The van der Waals surface area contributed by atoms with E-state index in [-0.39, 0.29) is 71.0 Å². The second-order valence-corrected chi connectivity index (χ2v) is 1.79. The Morgan fingerprint density at radius 2 is 0.750 bits per heavy atom. The van der Waals surface area contributed by atoms with Crippen molar-refractivity contribution in [3.05, 3.63) is 0 Å². The van der Waals surface area contributed by atoms with Gasteiger partial charge in [0.1, 0.15) is 0 Å². The first-order valence-electron chi connectivity index (χ1n) is 3.57. The third kappa shape index (κ3) is 66.3. The second-order valence-electron chi connectivity index (χ2n) is 1.79. The van der Waals surface area contributed by atoms with E-state index in [9.17, 15) is 14.4 Å². The zero-order valence-electron chi connectivity index (χ0n) is 7.92. The number of hydrogen-bond acceptors (Lipinski definition) is 6. The number of carboxylic acid groups (broad SMARTS) is 3. The standard InChI is InChI=1S/3C2H5NO2.K.H/c3*3-1-2(4)5;;/h3*1,3H2,(H,4,5);;. The Morgan fingerprint density at radius 3 is 0.750 bits per heavy atom. The van der Waals surface area contributed by atoms with E-state index in [1.54, 1.807) is 0 Å². The van der Waals surface area contributed by atoms with Crippen LogP contribution in [-0.4, -0.2) is 104 Å². The molecular formula is C6H16KN3O6. The maximum absolute atomic E-state index is 9.24. The molecular weight excluding hydrogens is 249 g/mol. The van der Waals surface area contributed by atoms with Crippen molar-refractivity contribution in [2.24, 2.45) is 17.2 Å². The molecule has 10 heteroatoms. The van der Waals surface area contributed by atoms with E-state index in [1.807, 2.05) is 0 Å². The fourth-order valence-electron chi connectivity index (χ4n) is 0. The molecule has 0 saturated heterocycles. The van der Waals surface area contributed by atoms with Crippen LogP contribution >= 0.6 is 0 Å². The molecule has 92 valence electrons. The van der Waals surface area contributed by atoms with Gasteiger partial charge >= 0.3 is 69.3 Å². The summed E-state index contributed by atoms with van der Waals surface area (Å²) in [5.41, 5.74) is 13.7. The zero-order chi connectivity index (χ0) is 12.9. The van der Waals surface area contributed by atoms with Gasteiger partial charge in [0.2, 0.25) is 0 Å². The first-order valence-corrected chi connectivity index (χ1v) is 3.57. The number of rotatable bonds is 3. The van der Waals surface area contributed by atoms with Crippen LogP contribution in [0.25, 0.3) is 0 Å². The number of aliphatic carboxylic acids is 3. The molecule has 0 heterocycles. The molecule has 0 aliphatic carbocycles. The van der Waals surface area contributed by atoms with Gasteiger partial charge in [-0.15, -0.1) is 0 Å². The van der Waals surface area contributed by atoms with Crippen LogP contribution in [0.15, 0.2) is 0 Å². The number of carboxylic acids is 3. The second kappa shape index (κ2) is 20.4. The van der Waals surface area contributed by atoms with Gasteiger partial charge in [-0.25, -0.2) is 0 Å². The summed E-state index contributed by atoms with van der Waals surface area (Å²) < 4.78 is 0. The molecule has 9 nitrogen and oxygen atoms in total. The van der Waals surface area contributed by atoms with E-state index in [4.69, 9.17) is 15.3 Å². The monoisotopic (exact) mass is 265 g/mol. The Labute approximate surface area is 134 Å². The average Bonchev–Trinajstić information content (AvgIpc) is 2.19. The Morgan fingerprint density at radius 1 is 0.688 bits per heavy atom. The first kappa shape index (κ1) is 24.9. The van der Waals surface area contributed by atoms with Crippen LogP contribution in [0.5, 0.6) is 0 Å². The van der Waals surface area contributed by atoms with E-state index < -0.39 is 17.9 Å². The molecule has 0 aromatic carbocycles. The summed E-state index contributed by atoms with van der Waals surface area (Å²) in [6.07, 6.45) is 0. The van der Waals surface area contributed by atoms with Crippen molar-refractivity contribution in [3.8, 4) is 0 Å². The summed E-state index contributed by atoms with van der Waals surface area (Å²) >= 11 is 0. The van der Waals surface area contributed by atoms with Crippen molar-refractivity contribution >= 4 is 69.3 Å². The molecule has 0 aromatic heterocycles. The Kier molecular flexibility index (Phi) is 31.7. The van der Waals surface area contributed by atoms with Crippen molar-refractivity contribution in [3.63, 3.8) is 0 Å². The molecule has 0 amide bonds. The van der Waals surface area contributed by atoms with Crippen LogP contribution in [0.2, 0.25) is 0 Å². The molecule has 0 saturated carbocycles. The van der Waals surface area contributed by atoms with E-state index in [1.165, 1.54) is 0 Å². The van der Waals surface area contributed by atoms with E-state index >= 15 is 0 Å². The van der Waals surface area contributed by atoms with E-state index in [2.05, 4.69) is 17.2 Å². The number of nitrogens with two attached hydrogens (primary N) is 3. The van der Waals surface area contributed by atoms with Gasteiger partial charge in [-0.1, -0.05) is 0 Å². The van der Waals surface area contributed by atoms with Crippen molar-refractivity contribution in [2.75, 3.05) is 19.6 Å². The van der Waals surface area contributed by atoms with Crippen LogP contribution in [-0.2, 0) is 14.4 Å². The summed E-state index contributed by atoms with van der Waals surface area (Å²) in [6.45, 7) is -0.833. The number of hydrogen-bond donors (Lipinski definition) is 6. The van der Waals surface area contributed by atoms with Crippen molar-refractivity contribution in [2.45, 2.75) is 0 Å². The minimum atomic E-state index is -0.968. The van der Waals surface area contributed by atoms with E-state index in [0.29, 0.717) is 0 Å².